The van der Waals surface area contributed by atoms with E-state index in [-0.39, 0.29) is 25.0 Å². The fourth-order valence-electron chi connectivity index (χ4n) is 2.34. The normalized spacial score (nSPS) is 19.8. The fourth-order valence-corrected chi connectivity index (χ4v) is 3.90. The second-order valence-corrected chi connectivity index (χ2v) is 7.66. The Kier molecular flexibility index (Phi) is 7.26. The van der Waals surface area contributed by atoms with Crippen molar-refractivity contribution in [2.75, 3.05) is 52.4 Å². The molecule has 0 amide bonds. The molecule has 0 spiro atoms. The van der Waals surface area contributed by atoms with Crippen molar-refractivity contribution in [3.63, 3.8) is 0 Å². The van der Waals surface area contributed by atoms with Gasteiger partial charge in [-0.05, 0) is 6.07 Å². The second kappa shape index (κ2) is 8.96. The molecule has 0 N–H and O–H groups in total. The summed E-state index contributed by atoms with van der Waals surface area (Å²) in [6.45, 7) is 1.95. The van der Waals surface area contributed by atoms with Gasteiger partial charge in [0.25, 0.3) is 0 Å². The van der Waals surface area contributed by atoms with Crippen LogP contribution in [0.4, 0.5) is 0 Å². The minimum atomic E-state index is -3.38. The summed E-state index contributed by atoms with van der Waals surface area (Å²) < 4.78 is 42.0. The predicted molar refractivity (Wildman–Crippen MR) is 88.2 cm³/mol. The van der Waals surface area contributed by atoms with Gasteiger partial charge >= 0.3 is 0 Å². The molecule has 1 aromatic rings. The van der Waals surface area contributed by atoms with Gasteiger partial charge in [0.2, 0.25) is 10.0 Å². The van der Waals surface area contributed by atoms with Crippen LogP contribution in [0.2, 0.25) is 5.02 Å². The average Bonchev–Trinajstić information content (AvgIpc) is 2.55. The number of methoxy groups -OCH3 is 1. The SMILES string of the molecule is COCCOCCS(=O)(=O)N1CCOC(c2ccccc2Cl)C1. The summed E-state index contributed by atoms with van der Waals surface area (Å²) in [4.78, 5) is 0. The highest BCUT2D eigenvalue weighted by molar-refractivity contribution is 7.89. The third kappa shape index (κ3) is 5.41. The Morgan fingerprint density at radius 3 is 2.83 bits per heavy atom. The topological polar surface area (TPSA) is 65.1 Å². The highest BCUT2D eigenvalue weighted by Crippen LogP contribution is 2.29. The van der Waals surface area contributed by atoms with Gasteiger partial charge < -0.3 is 14.2 Å². The Hall–Kier alpha value is -0.700. The van der Waals surface area contributed by atoms with Crippen molar-refractivity contribution < 1.29 is 22.6 Å². The second-order valence-electron chi connectivity index (χ2n) is 5.16. The van der Waals surface area contributed by atoms with Crippen LogP contribution in [0.15, 0.2) is 24.3 Å². The van der Waals surface area contributed by atoms with E-state index in [0.717, 1.165) is 5.56 Å². The first-order chi connectivity index (χ1) is 11.0. The number of hydrogen-bond donors (Lipinski definition) is 0. The van der Waals surface area contributed by atoms with E-state index in [4.69, 9.17) is 25.8 Å². The summed E-state index contributed by atoms with van der Waals surface area (Å²) in [6.07, 6.45) is -0.346. The Balaban J connectivity index is 1.93. The molecule has 1 aromatic carbocycles. The Bertz CT molecular complexity index is 595. The van der Waals surface area contributed by atoms with Crippen LogP contribution >= 0.6 is 11.6 Å². The summed E-state index contributed by atoms with van der Waals surface area (Å²) >= 11 is 6.17. The third-order valence-electron chi connectivity index (χ3n) is 3.59. The standard InChI is InChI=1S/C15H22ClNO5S/c1-20-8-9-21-10-11-23(18,19)17-6-7-22-15(12-17)13-4-2-3-5-14(13)16/h2-5,15H,6-12H2,1H3. The monoisotopic (exact) mass is 363 g/mol. The lowest BCUT2D eigenvalue weighted by atomic mass is 10.1. The number of sulfonamides is 1. The van der Waals surface area contributed by atoms with E-state index in [1.54, 1.807) is 13.2 Å². The van der Waals surface area contributed by atoms with Crippen LogP contribution in [0.25, 0.3) is 0 Å². The van der Waals surface area contributed by atoms with Crippen molar-refractivity contribution in [1.29, 1.82) is 0 Å². The zero-order valence-electron chi connectivity index (χ0n) is 13.1. The number of nitrogens with zero attached hydrogens (tertiary/aromatic N) is 1. The molecule has 0 saturated carbocycles. The molecule has 2 rings (SSSR count). The lowest BCUT2D eigenvalue weighted by molar-refractivity contribution is -0.00277. The summed E-state index contributed by atoms with van der Waals surface area (Å²) in [7, 11) is -1.81. The van der Waals surface area contributed by atoms with E-state index >= 15 is 0 Å². The highest BCUT2D eigenvalue weighted by Gasteiger charge is 2.30. The van der Waals surface area contributed by atoms with Crippen LogP contribution < -0.4 is 0 Å². The molecule has 0 radical (unpaired) electrons. The van der Waals surface area contributed by atoms with Crippen LogP contribution in [-0.4, -0.2) is 65.1 Å². The lowest BCUT2D eigenvalue weighted by Crippen LogP contribution is -2.43. The van der Waals surface area contributed by atoms with Gasteiger partial charge in [0.05, 0.1) is 38.3 Å². The fraction of sp³-hybridized carbons (Fsp3) is 0.600. The van der Waals surface area contributed by atoms with E-state index < -0.39 is 10.0 Å². The molecule has 130 valence electrons. The van der Waals surface area contributed by atoms with Crippen LogP contribution in [0.3, 0.4) is 0 Å². The van der Waals surface area contributed by atoms with Crippen LogP contribution in [0.1, 0.15) is 11.7 Å². The Labute approximate surface area is 142 Å². The van der Waals surface area contributed by atoms with Gasteiger partial charge in [-0.3, -0.25) is 0 Å². The molecule has 1 fully saturated rings. The van der Waals surface area contributed by atoms with Crippen molar-refractivity contribution in [3.8, 4) is 0 Å². The third-order valence-corrected chi connectivity index (χ3v) is 5.74. The molecule has 1 atom stereocenters. The quantitative estimate of drug-likeness (QED) is 0.658. The summed E-state index contributed by atoms with van der Waals surface area (Å²) in [5.41, 5.74) is 0.811. The van der Waals surface area contributed by atoms with Crippen LogP contribution in [0, 0.1) is 0 Å². The zero-order valence-corrected chi connectivity index (χ0v) is 14.7. The van der Waals surface area contributed by atoms with E-state index in [1.807, 2.05) is 18.2 Å². The molecule has 1 unspecified atom stereocenters. The van der Waals surface area contributed by atoms with Gasteiger partial charge in [-0.25, -0.2) is 8.42 Å². The summed E-state index contributed by atoms with van der Waals surface area (Å²) in [5.74, 6) is -0.0496. The number of halogens is 1. The van der Waals surface area contributed by atoms with Gasteiger partial charge in [-0.2, -0.15) is 4.31 Å². The highest BCUT2D eigenvalue weighted by atomic mass is 35.5. The van der Waals surface area contributed by atoms with Gasteiger partial charge in [-0.15, -0.1) is 0 Å². The minimum Gasteiger partial charge on any atom is -0.382 e. The Morgan fingerprint density at radius 1 is 1.30 bits per heavy atom. The molecule has 0 aromatic heterocycles. The molecule has 23 heavy (non-hydrogen) atoms. The average molecular weight is 364 g/mol. The molecular weight excluding hydrogens is 342 g/mol. The number of rotatable bonds is 8. The van der Waals surface area contributed by atoms with E-state index in [0.29, 0.717) is 31.4 Å². The first kappa shape index (κ1) is 18.6. The molecule has 1 aliphatic rings. The number of hydrogen-bond acceptors (Lipinski definition) is 5. The van der Waals surface area contributed by atoms with Crippen molar-refractivity contribution >= 4 is 21.6 Å². The summed E-state index contributed by atoms with van der Waals surface area (Å²) in [5, 5.41) is 0.583. The van der Waals surface area contributed by atoms with Crippen LogP contribution in [0.5, 0.6) is 0 Å². The Morgan fingerprint density at radius 2 is 2.09 bits per heavy atom. The first-order valence-corrected chi connectivity index (χ1v) is 9.44. The molecule has 0 bridgehead atoms. The van der Waals surface area contributed by atoms with E-state index in [9.17, 15) is 8.42 Å². The zero-order chi connectivity index (χ0) is 16.7. The molecule has 1 aliphatic heterocycles. The largest absolute Gasteiger partial charge is 0.382 e. The maximum atomic E-state index is 12.4. The van der Waals surface area contributed by atoms with Gasteiger partial charge in [0.1, 0.15) is 0 Å². The molecular formula is C15H22ClNO5S. The smallest absolute Gasteiger partial charge is 0.216 e. The van der Waals surface area contributed by atoms with E-state index in [2.05, 4.69) is 0 Å². The molecule has 1 heterocycles. The molecule has 0 aliphatic carbocycles. The van der Waals surface area contributed by atoms with Crippen molar-refractivity contribution in [2.24, 2.45) is 0 Å². The van der Waals surface area contributed by atoms with Crippen molar-refractivity contribution in [3.05, 3.63) is 34.9 Å². The maximum absolute atomic E-state index is 12.4. The number of benzene rings is 1. The van der Waals surface area contributed by atoms with Gasteiger partial charge in [0.15, 0.2) is 0 Å². The van der Waals surface area contributed by atoms with E-state index in [1.165, 1.54) is 4.31 Å². The molecule has 6 nitrogen and oxygen atoms in total. The number of morpholine rings is 1. The minimum absolute atomic E-state index is 0.0496. The molecule has 1 saturated heterocycles. The van der Waals surface area contributed by atoms with Gasteiger partial charge in [-0.1, -0.05) is 29.8 Å². The first-order valence-electron chi connectivity index (χ1n) is 7.45. The lowest BCUT2D eigenvalue weighted by Gasteiger charge is -2.32. The van der Waals surface area contributed by atoms with Gasteiger partial charge in [0, 0.05) is 30.8 Å². The maximum Gasteiger partial charge on any atom is 0.216 e. The van der Waals surface area contributed by atoms with Crippen molar-refractivity contribution in [1.82, 2.24) is 4.31 Å². The van der Waals surface area contributed by atoms with Crippen molar-refractivity contribution in [2.45, 2.75) is 6.10 Å². The summed E-state index contributed by atoms with van der Waals surface area (Å²) in [6, 6.07) is 7.33. The predicted octanol–water partition coefficient (Wildman–Crippen LogP) is 1.71. The van der Waals surface area contributed by atoms with Crippen LogP contribution in [-0.2, 0) is 24.2 Å². The number of ether oxygens (including phenoxy) is 3. The molecule has 8 heteroatoms.